The van der Waals surface area contributed by atoms with Crippen molar-refractivity contribution in [3.63, 3.8) is 0 Å². The van der Waals surface area contributed by atoms with Gasteiger partial charge >= 0.3 is 0 Å². The Kier molecular flexibility index (Phi) is 5.10. The SMILES string of the molecule is CCNCC(CCc1ncnn1C)c1ccccc1. The van der Waals surface area contributed by atoms with E-state index in [1.54, 1.807) is 6.33 Å². The summed E-state index contributed by atoms with van der Waals surface area (Å²) in [7, 11) is 1.95. The quantitative estimate of drug-likeness (QED) is 0.827. The molecule has 0 aliphatic heterocycles. The van der Waals surface area contributed by atoms with Crippen LogP contribution in [0.4, 0.5) is 0 Å². The van der Waals surface area contributed by atoms with Crippen LogP contribution in [0.2, 0.25) is 0 Å². The molecule has 1 heterocycles. The summed E-state index contributed by atoms with van der Waals surface area (Å²) in [6.07, 6.45) is 3.67. The predicted molar refractivity (Wildman–Crippen MR) is 77.1 cm³/mol. The van der Waals surface area contributed by atoms with Crippen LogP contribution in [0, 0.1) is 0 Å². The standard InChI is InChI=1S/C15H22N4/c1-3-16-11-14(13-7-5-4-6-8-13)9-10-15-17-12-18-19(15)2/h4-8,12,14,16H,3,9-11H2,1-2H3. The van der Waals surface area contributed by atoms with Crippen molar-refractivity contribution in [2.24, 2.45) is 7.05 Å². The Hall–Kier alpha value is -1.68. The minimum atomic E-state index is 0.526. The van der Waals surface area contributed by atoms with E-state index in [0.717, 1.165) is 31.8 Å². The van der Waals surface area contributed by atoms with Gasteiger partial charge in [0.2, 0.25) is 0 Å². The normalized spacial score (nSPS) is 12.5. The van der Waals surface area contributed by atoms with Gasteiger partial charge in [0, 0.05) is 20.0 Å². The summed E-state index contributed by atoms with van der Waals surface area (Å²) in [6, 6.07) is 10.7. The first-order chi connectivity index (χ1) is 9.31. The van der Waals surface area contributed by atoms with Crippen LogP contribution in [0.25, 0.3) is 0 Å². The highest BCUT2D eigenvalue weighted by atomic mass is 15.3. The number of aryl methyl sites for hydroxylation is 2. The molecule has 0 saturated carbocycles. The third-order valence-corrected chi connectivity index (χ3v) is 3.43. The first-order valence-corrected chi connectivity index (χ1v) is 6.89. The number of aromatic nitrogens is 3. The Morgan fingerprint density at radius 3 is 2.68 bits per heavy atom. The molecule has 1 N–H and O–H groups in total. The molecule has 0 bridgehead atoms. The van der Waals surface area contributed by atoms with E-state index in [1.165, 1.54) is 5.56 Å². The lowest BCUT2D eigenvalue weighted by Crippen LogP contribution is -2.22. The summed E-state index contributed by atoms with van der Waals surface area (Å²) in [5, 5.41) is 7.57. The number of nitrogens with zero attached hydrogens (tertiary/aromatic N) is 3. The molecule has 1 atom stereocenters. The molecule has 0 amide bonds. The zero-order chi connectivity index (χ0) is 13.5. The summed E-state index contributed by atoms with van der Waals surface area (Å²) < 4.78 is 1.86. The molecular weight excluding hydrogens is 236 g/mol. The van der Waals surface area contributed by atoms with Crippen molar-refractivity contribution < 1.29 is 0 Å². The van der Waals surface area contributed by atoms with Crippen LogP contribution in [0.5, 0.6) is 0 Å². The van der Waals surface area contributed by atoms with Gasteiger partial charge in [-0.3, -0.25) is 4.68 Å². The van der Waals surface area contributed by atoms with E-state index in [1.807, 2.05) is 11.7 Å². The Morgan fingerprint density at radius 1 is 1.26 bits per heavy atom. The summed E-state index contributed by atoms with van der Waals surface area (Å²) >= 11 is 0. The summed E-state index contributed by atoms with van der Waals surface area (Å²) in [6.45, 7) is 4.16. The zero-order valence-corrected chi connectivity index (χ0v) is 11.7. The molecule has 1 aromatic carbocycles. The fourth-order valence-corrected chi connectivity index (χ4v) is 2.28. The van der Waals surface area contributed by atoms with Crippen molar-refractivity contribution in [1.82, 2.24) is 20.1 Å². The number of nitrogens with one attached hydrogen (secondary N) is 1. The highest BCUT2D eigenvalue weighted by Gasteiger charge is 2.12. The lowest BCUT2D eigenvalue weighted by molar-refractivity contribution is 0.545. The average molecular weight is 258 g/mol. The zero-order valence-electron chi connectivity index (χ0n) is 11.7. The molecule has 2 aromatic rings. The van der Waals surface area contributed by atoms with Crippen LogP contribution in [0.1, 0.15) is 30.7 Å². The van der Waals surface area contributed by atoms with E-state index in [9.17, 15) is 0 Å². The highest BCUT2D eigenvalue weighted by Crippen LogP contribution is 2.20. The van der Waals surface area contributed by atoms with Crippen molar-refractivity contribution in [3.05, 3.63) is 48.0 Å². The van der Waals surface area contributed by atoms with Gasteiger partial charge in [-0.15, -0.1) is 0 Å². The highest BCUT2D eigenvalue weighted by molar-refractivity contribution is 5.20. The Morgan fingerprint density at radius 2 is 2.05 bits per heavy atom. The first-order valence-electron chi connectivity index (χ1n) is 6.89. The third kappa shape index (κ3) is 3.89. The van der Waals surface area contributed by atoms with Gasteiger partial charge in [-0.1, -0.05) is 37.3 Å². The smallest absolute Gasteiger partial charge is 0.138 e. The van der Waals surface area contributed by atoms with Crippen LogP contribution in [0.15, 0.2) is 36.7 Å². The molecule has 4 heteroatoms. The minimum Gasteiger partial charge on any atom is -0.316 e. The van der Waals surface area contributed by atoms with Crippen LogP contribution >= 0.6 is 0 Å². The Balaban J connectivity index is 2.00. The van der Waals surface area contributed by atoms with Gasteiger partial charge in [0.05, 0.1) is 0 Å². The molecule has 102 valence electrons. The van der Waals surface area contributed by atoms with Crippen molar-refractivity contribution in [3.8, 4) is 0 Å². The first kappa shape index (κ1) is 13.7. The molecule has 0 aliphatic carbocycles. The average Bonchev–Trinajstić information content (AvgIpc) is 2.85. The molecule has 0 spiro atoms. The number of likely N-dealkylation sites (N-methyl/N-ethyl adjacent to an activating group) is 1. The van der Waals surface area contributed by atoms with Gasteiger partial charge in [-0.05, 0) is 24.4 Å². The maximum Gasteiger partial charge on any atom is 0.138 e. The number of hydrogen-bond acceptors (Lipinski definition) is 3. The van der Waals surface area contributed by atoms with Gasteiger partial charge in [0.25, 0.3) is 0 Å². The van der Waals surface area contributed by atoms with Crippen molar-refractivity contribution in [2.75, 3.05) is 13.1 Å². The van der Waals surface area contributed by atoms with Crippen molar-refractivity contribution >= 4 is 0 Å². The lowest BCUT2D eigenvalue weighted by Gasteiger charge is -2.17. The monoisotopic (exact) mass is 258 g/mol. The second-order valence-corrected chi connectivity index (χ2v) is 4.75. The second kappa shape index (κ2) is 7.04. The summed E-state index contributed by atoms with van der Waals surface area (Å²) in [5.41, 5.74) is 1.39. The number of benzene rings is 1. The van der Waals surface area contributed by atoms with Crippen LogP contribution in [0.3, 0.4) is 0 Å². The van der Waals surface area contributed by atoms with E-state index in [4.69, 9.17) is 0 Å². The lowest BCUT2D eigenvalue weighted by atomic mass is 9.94. The molecular formula is C15H22N4. The van der Waals surface area contributed by atoms with Crippen LogP contribution < -0.4 is 5.32 Å². The van der Waals surface area contributed by atoms with Gasteiger partial charge in [0.1, 0.15) is 12.2 Å². The second-order valence-electron chi connectivity index (χ2n) is 4.75. The molecule has 0 aliphatic rings. The molecule has 0 fully saturated rings. The molecule has 19 heavy (non-hydrogen) atoms. The van der Waals surface area contributed by atoms with Crippen molar-refractivity contribution in [2.45, 2.75) is 25.7 Å². The van der Waals surface area contributed by atoms with Crippen LogP contribution in [-0.2, 0) is 13.5 Å². The number of hydrogen-bond donors (Lipinski definition) is 1. The maximum absolute atomic E-state index is 4.29. The summed E-state index contributed by atoms with van der Waals surface area (Å²) in [5.74, 6) is 1.58. The fourth-order valence-electron chi connectivity index (χ4n) is 2.28. The van der Waals surface area contributed by atoms with Gasteiger partial charge in [-0.2, -0.15) is 5.10 Å². The summed E-state index contributed by atoms with van der Waals surface area (Å²) in [4.78, 5) is 4.29. The van der Waals surface area contributed by atoms with Crippen LogP contribution in [-0.4, -0.2) is 27.9 Å². The Bertz CT molecular complexity index is 478. The van der Waals surface area contributed by atoms with E-state index >= 15 is 0 Å². The maximum atomic E-state index is 4.29. The van der Waals surface area contributed by atoms with Crippen molar-refractivity contribution in [1.29, 1.82) is 0 Å². The molecule has 1 aromatic heterocycles. The van der Waals surface area contributed by atoms with E-state index in [0.29, 0.717) is 5.92 Å². The van der Waals surface area contributed by atoms with E-state index in [2.05, 4.69) is 52.7 Å². The predicted octanol–water partition coefficient (Wildman–Crippen LogP) is 2.14. The fraction of sp³-hybridized carbons (Fsp3) is 0.467. The van der Waals surface area contributed by atoms with E-state index < -0.39 is 0 Å². The third-order valence-electron chi connectivity index (χ3n) is 3.43. The van der Waals surface area contributed by atoms with Gasteiger partial charge < -0.3 is 5.32 Å². The van der Waals surface area contributed by atoms with Gasteiger partial charge in [0.15, 0.2) is 0 Å². The molecule has 2 rings (SSSR count). The topological polar surface area (TPSA) is 42.7 Å². The minimum absolute atomic E-state index is 0.526. The number of rotatable bonds is 7. The van der Waals surface area contributed by atoms with E-state index in [-0.39, 0.29) is 0 Å². The molecule has 0 radical (unpaired) electrons. The largest absolute Gasteiger partial charge is 0.316 e. The Labute approximate surface area is 114 Å². The molecule has 4 nitrogen and oxygen atoms in total. The molecule has 1 unspecified atom stereocenters. The molecule has 0 saturated heterocycles. The van der Waals surface area contributed by atoms with Gasteiger partial charge in [-0.25, -0.2) is 4.98 Å².